The van der Waals surface area contributed by atoms with Gasteiger partial charge in [-0.15, -0.1) is 0 Å². The van der Waals surface area contributed by atoms with Gasteiger partial charge >= 0.3 is 0 Å². The summed E-state index contributed by atoms with van der Waals surface area (Å²) in [4.78, 5) is 12.6. The van der Waals surface area contributed by atoms with Crippen LogP contribution in [0.15, 0.2) is 182 Å². The van der Waals surface area contributed by atoms with Crippen LogP contribution in [0, 0.1) is 0 Å². The zero-order chi connectivity index (χ0) is 34.4. The van der Waals surface area contributed by atoms with Crippen molar-refractivity contribution in [3.05, 3.63) is 193 Å². The van der Waals surface area contributed by atoms with E-state index in [1.54, 1.807) is 0 Å². The lowest BCUT2D eigenvalue weighted by atomic mass is 9.99. The summed E-state index contributed by atoms with van der Waals surface area (Å²) in [5.74, 6) is 1.50. The number of para-hydroxylation sites is 3. The molecule has 10 rings (SSSR count). The number of anilines is 3. The zero-order valence-corrected chi connectivity index (χ0v) is 28.3. The molecule has 0 amide bonds. The monoisotopic (exact) mass is 664 g/mol. The first-order valence-electron chi connectivity index (χ1n) is 17.6. The second-order valence-electron chi connectivity index (χ2n) is 13.1. The maximum Gasteiger partial charge on any atom is 0.162 e. The van der Waals surface area contributed by atoms with Crippen molar-refractivity contribution in [2.75, 3.05) is 4.90 Å². The van der Waals surface area contributed by atoms with Crippen LogP contribution < -0.4 is 4.90 Å². The summed E-state index contributed by atoms with van der Waals surface area (Å²) in [6, 6.07) is 64.1. The van der Waals surface area contributed by atoms with Crippen molar-refractivity contribution >= 4 is 51.2 Å². The number of nitrogens with zero attached hydrogens (tertiary/aromatic N) is 4. The van der Waals surface area contributed by atoms with E-state index in [1.807, 2.05) is 24.3 Å². The maximum atomic E-state index is 5.25. The fraction of sp³-hybridized carbons (Fsp3) is 0. The van der Waals surface area contributed by atoms with Gasteiger partial charge in [-0.25, -0.2) is 9.97 Å². The Balaban J connectivity index is 1.14. The average molecular weight is 665 g/mol. The van der Waals surface area contributed by atoms with Gasteiger partial charge < -0.3 is 4.57 Å². The molecule has 0 saturated heterocycles. The van der Waals surface area contributed by atoms with Crippen LogP contribution in [0.4, 0.5) is 17.2 Å². The Morgan fingerprint density at radius 2 is 1.00 bits per heavy atom. The van der Waals surface area contributed by atoms with E-state index in [-0.39, 0.29) is 0 Å². The molecule has 1 aliphatic heterocycles. The van der Waals surface area contributed by atoms with E-state index in [0.717, 1.165) is 56.4 Å². The maximum absolute atomic E-state index is 5.25. The second-order valence-corrected chi connectivity index (χ2v) is 13.1. The van der Waals surface area contributed by atoms with Gasteiger partial charge in [-0.3, -0.25) is 4.90 Å². The molecule has 244 valence electrons. The number of rotatable bonds is 5. The molecule has 0 atom stereocenters. The van der Waals surface area contributed by atoms with Crippen LogP contribution in [0.25, 0.3) is 73.4 Å². The molecule has 52 heavy (non-hydrogen) atoms. The predicted molar refractivity (Wildman–Crippen MR) is 216 cm³/mol. The Morgan fingerprint density at radius 1 is 0.385 bits per heavy atom. The predicted octanol–water partition coefficient (Wildman–Crippen LogP) is 12.5. The van der Waals surface area contributed by atoms with Crippen LogP contribution in [0.1, 0.15) is 11.1 Å². The Hall–Kier alpha value is -7.04. The van der Waals surface area contributed by atoms with Gasteiger partial charge in [-0.05, 0) is 70.8 Å². The fourth-order valence-electron chi connectivity index (χ4n) is 7.49. The molecular weight excluding hydrogens is 633 g/mol. The molecule has 0 bridgehead atoms. The highest BCUT2D eigenvalue weighted by Crippen LogP contribution is 2.44. The lowest BCUT2D eigenvalue weighted by molar-refractivity contribution is 1.12. The first kappa shape index (κ1) is 29.8. The first-order valence-corrected chi connectivity index (χ1v) is 17.6. The number of hydrogen-bond acceptors (Lipinski definition) is 3. The molecule has 0 radical (unpaired) electrons. The molecule has 3 heterocycles. The van der Waals surface area contributed by atoms with Gasteiger partial charge in [0.15, 0.2) is 5.82 Å². The van der Waals surface area contributed by atoms with Crippen LogP contribution in [0.2, 0.25) is 0 Å². The average Bonchev–Trinajstić information content (AvgIpc) is 3.45. The van der Waals surface area contributed by atoms with E-state index in [9.17, 15) is 0 Å². The molecule has 0 saturated carbocycles. The van der Waals surface area contributed by atoms with Gasteiger partial charge in [0.1, 0.15) is 5.82 Å². The number of benzene rings is 7. The third kappa shape index (κ3) is 5.09. The first-order chi connectivity index (χ1) is 25.8. The van der Waals surface area contributed by atoms with Crippen molar-refractivity contribution in [2.45, 2.75) is 0 Å². The number of aromatic nitrogens is 3. The van der Waals surface area contributed by atoms with Gasteiger partial charge in [0.25, 0.3) is 0 Å². The minimum Gasteiger partial charge on any atom is -0.309 e. The molecule has 0 aliphatic carbocycles. The highest BCUT2D eigenvalue weighted by Gasteiger charge is 2.23. The quantitative estimate of drug-likeness (QED) is 0.184. The summed E-state index contributed by atoms with van der Waals surface area (Å²) >= 11 is 0. The van der Waals surface area contributed by atoms with Gasteiger partial charge in [0.2, 0.25) is 0 Å². The van der Waals surface area contributed by atoms with E-state index < -0.39 is 0 Å². The molecule has 2 aromatic heterocycles. The Morgan fingerprint density at radius 3 is 1.83 bits per heavy atom. The standard InChI is InChI=1S/C48H32N4/c1-4-14-33(15-5-1)42-32-47(50-48(49-42)35-17-6-2-7-18-35)52-43-22-12-10-16-34(43)24-25-38-30-36(26-28-44(38)52)37-27-29-46-41(31-37)40-21-11-13-23-45(40)51(46)39-19-8-3-9-20-39/h1-32H. The topological polar surface area (TPSA) is 34.0 Å². The van der Waals surface area contributed by atoms with E-state index in [1.165, 1.54) is 27.4 Å². The van der Waals surface area contributed by atoms with E-state index in [2.05, 4.69) is 179 Å². The van der Waals surface area contributed by atoms with Crippen molar-refractivity contribution in [3.8, 4) is 39.5 Å². The summed E-state index contributed by atoms with van der Waals surface area (Å²) in [6.45, 7) is 0. The zero-order valence-electron chi connectivity index (χ0n) is 28.3. The third-order valence-corrected chi connectivity index (χ3v) is 9.95. The van der Waals surface area contributed by atoms with Gasteiger partial charge in [0.05, 0.1) is 28.1 Å². The molecule has 1 aliphatic rings. The fourth-order valence-corrected chi connectivity index (χ4v) is 7.49. The molecular formula is C48H32N4. The minimum absolute atomic E-state index is 0.688. The van der Waals surface area contributed by atoms with E-state index in [4.69, 9.17) is 9.97 Å². The van der Waals surface area contributed by atoms with E-state index in [0.29, 0.717) is 5.82 Å². The summed E-state index contributed by atoms with van der Waals surface area (Å²) < 4.78 is 2.36. The van der Waals surface area contributed by atoms with Crippen LogP contribution in [-0.2, 0) is 0 Å². The van der Waals surface area contributed by atoms with Crippen molar-refractivity contribution in [1.29, 1.82) is 0 Å². The van der Waals surface area contributed by atoms with Gasteiger partial charge in [-0.1, -0.05) is 140 Å². The lowest BCUT2D eigenvalue weighted by Gasteiger charge is -2.27. The normalized spacial score (nSPS) is 12.1. The van der Waals surface area contributed by atoms with Crippen molar-refractivity contribution in [3.63, 3.8) is 0 Å². The Labute approximate surface area is 302 Å². The van der Waals surface area contributed by atoms with Crippen LogP contribution >= 0.6 is 0 Å². The van der Waals surface area contributed by atoms with Crippen LogP contribution in [-0.4, -0.2) is 14.5 Å². The molecule has 0 fully saturated rings. The van der Waals surface area contributed by atoms with Crippen LogP contribution in [0.3, 0.4) is 0 Å². The van der Waals surface area contributed by atoms with Crippen molar-refractivity contribution < 1.29 is 0 Å². The van der Waals surface area contributed by atoms with Crippen molar-refractivity contribution in [1.82, 2.24) is 14.5 Å². The summed E-state index contributed by atoms with van der Waals surface area (Å²) in [6.07, 6.45) is 4.45. The lowest BCUT2D eigenvalue weighted by Crippen LogP contribution is -2.14. The SMILES string of the molecule is C1=Cc2cc(-c3ccc4c(c3)c3ccccc3n4-c3ccccc3)ccc2N(c2cc(-c3ccccc3)nc(-c3ccccc3)n2)c2ccccc21. The largest absolute Gasteiger partial charge is 0.309 e. The Bertz CT molecular complexity index is 2730. The van der Waals surface area contributed by atoms with Crippen molar-refractivity contribution in [2.24, 2.45) is 0 Å². The molecule has 4 nitrogen and oxygen atoms in total. The van der Waals surface area contributed by atoms with Gasteiger partial charge in [0, 0.05) is 33.7 Å². The minimum atomic E-state index is 0.688. The van der Waals surface area contributed by atoms with E-state index >= 15 is 0 Å². The number of fused-ring (bicyclic) bond motifs is 5. The highest BCUT2D eigenvalue weighted by molar-refractivity contribution is 6.10. The molecule has 0 unspecified atom stereocenters. The molecule has 0 N–H and O–H groups in total. The summed E-state index contributed by atoms with van der Waals surface area (Å²) in [5.41, 5.74) is 13.1. The molecule has 4 heteroatoms. The molecule has 0 spiro atoms. The smallest absolute Gasteiger partial charge is 0.162 e. The summed E-state index contributed by atoms with van der Waals surface area (Å²) in [5, 5.41) is 2.48. The molecule has 7 aromatic carbocycles. The van der Waals surface area contributed by atoms with Crippen LogP contribution in [0.5, 0.6) is 0 Å². The summed E-state index contributed by atoms with van der Waals surface area (Å²) in [7, 11) is 0. The third-order valence-electron chi connectivity index (χ3n) is 9.95. The second kappa shape index (κ2) is 12.4. The van der Waals surface area contributed by atoms with Gasteiger partial charge in [-0.2, -0.15) is 0 Å². The highest BCUT2D eigenvalue weighted by atomic mass is 15.2. The Kier molecular flexibility index (Phi) is 7.10. The number of hydrogen-bond donors (Lipinski definition) is 0. The molecule has 9 aromatic rings.